The minimum atomic E-state index is -1.17. The molecular weight excluding hydrogens is 359 g/mol. The van der Waals surface area contributed by atoms with Crippen molar-refractivity contribution in [3.63, 3.8) is 0 Å². The average molecular weight is 371 g/mol. The van der Waals surface area contributed by atoms with Crippen LogP contribution in [0, 0.1) is 0 Å². The Kier molecular flexibility index (Phi) is 4.13. The molecule has 0 saturated heterocycles. The van der Waals surface area contributed by atoms with E-state index in [0.29, 0.717) is 33.8 Å². The second kappa shape index (κ2) is 6.11. The molecule has 122 valence electrons. The first-order valence-electron chi connectivity index (χ1n) is 7.77. The van der Waals surface area contributed by atoms with Crippen LogP contribution < -0.4 is 56.1 Å². The molecule has 0 atom stereocenters. The number of aromatic hydroxyl groups is 2. The molecule has 6 heteroatoms. The third kappa shape index (κ3) is 2.27. The first-order chi connectivity index (χ1) is 12.1. The number of fused-ring (bicyclic) bond motifs is 6. The van der Waals surface area contributed by atoms with Gasteiger partial charge in [0.25, 0.3) is 0 Å². The van der Waals surface area contributed by atoms with Crippen LogP contribution in [-0.4, -0.2) is 16.2 Å². The Hall–Kier alpha value is -1.83. The Morgan fingerprint density at radius 1 is 0.769 bits per heavy atom. The van der Waals surface area contributed by atoms with E-state index in [1.54, 1.807) is 24.3 Å². The van der Waals surface area contributed by atoms with E-state index in [2.05, 4.69) is 0 Å². The minimum Gasteiger partial charge on any atom is -0.508 e. The minimum absolute atomic E-state index is 0. The maximum Gasteiger partial charge on any atom is 1.00 e. The van der Waals surface area contributed by atoms with Crippen molar-refractivity contribution in [3.8, 4) is 23.0 Å². The Morgan fingerprint density at radius 2 is 1.35 bits per heavy atom. The molecule has 0 saturated carbocycles. The Morgan fingerprint density at radius 3 is 1.96 bits per heavy atom. The molecule has 5 rings (SSSR count). The molecule has 0 bridgehead atoms. The van der Waals surface area contributed by atoms with Gasteiger partial charge in [-0.15, -0.1) is 0 Å². The fraction of sp³-hybridized carbons (Fsp3) is 0.0500. The van der Waals surface area contributed by atoms with Gasteiger partial charge < -0.3 is 19.7 Å². The second-order valence-corrected chi connectivity index (χ2v) is 6.08. The number of hydrogen-bond acceptors (Lipinski definition) is 5. The summed E-state index contributed by atoms with van der Waals surface area (Å²) in [5, 5.41) is 19.7. The Labute approximate surface area is 191 Å². The number of carbonyl (C=O) groups excluding carboxylic acids is 1. The normalized spacial score (nSPS) is 15.2. The summed E-state index contributed by atoms with van der Waals surface area (Å²) in [5.74, 6) is 0.408. The van der Waals surface area contributed by atoms with Crippen LogP contribution in [0.4, 0.5) is 0 Å². The van der Waals surface area contributed by atoms with Crippen LogP contribution in [-0.2, 0) is 10.3 Å². The third-order valence-electron chi connectivity index (χ3n) is 4.68. The number of carbonyl (C=O) groups is 1. The van der Waals surface area contributed by atoms with Gasteiger partial charge in [-0.05, 0) is 30.3 Å². The van der Waals surface area contributed by atoms with Crippen molar-refractivity contribution >= 4 is 5.97 Å². The molecule has 0 amide bonds. The van der Waals surface area contributed by atoms with E-state index in [1.807, 2.05) is 12.1 Å². The molecule has 0 radical (unpaired) electrons. The summed E-state index contributed by atoms with van der Waals surface area (Å²) < 4.78 is 11.8. The monoisotopic (exact) mass is 371 g/mol. The molecule has 0 fully saturated rings. The Balaban J connectivity index is 0.00000168. The largest absolute Gasteiger partial charge is 1.00 e. The van der Waals surface area contributed by atoms with Gasteiger partial charge in [-0.3, -0.25) is 0 Å². The number of hydrogen-bond donors (Lipinski definition) is 2. The molecule has 3 aromatic rings. The molecule has 2 aliphatic heterocycles. The van der Waals surface area contributed by atoms with Gasteiger partial charge in [-0.2, -0.15) is 0 Å². The molecule has 2 N–H and O–H groups in total. The molecule has 26 heavy (non-hydrogen) atoms. The molecule has 2 heterocycles. The first kappa shape index (κ1) is 17.6. The number of esters is 1. The predicted molar refractivity (Wildman–Crippen MR) is 88.0 cm³/mol. The number of ether oxygens (including phenoxy) is 2. The fourth-order valence-electron chi connectivity index (χ4n) is 3.65. The van der Waals surface area contributed by atoms with Crippen LogP contribution in [0.5, 0.6) is 23.0 Å². The summed E-state index contributed by atoms with van der Waals surface area (Å²) in [6.07, 6.45) is 0. The van der Waals surface area contributed by atoms with E-state index in [-0.39, 0.29) is 62.9 Å². The molecule has 0 unspecified atom stereocenters. The van der Waals surface area contributed by atoms with E-state index in [0.717, 1.165) is 0 Å². The molecule has 0 aliphatic carbocycles. The van der Waals surface area contributed by atoms with Gasteiger partial charge in [0, 0.05) is 28.8 Å². The number of phenolic OH excluding ortho intramolecular Hbond substituents is 2. The predicted octanol–water partition coefficient (Wildman–Crippen LogP) is 0.670. The van der Waals surface area contributed by atoms with Crippen LogP contribution >= 0.6 is 0 Å². The van der Waals surface area contributed by atoms with Gasteiger partial charge in [-0.25, -0.2) is 4.79 Å². The molecular formula is C20H12KO5+. The summed E-state index contributed by atoms with van der Waals surface area (Å²) in [6, 6.07) is 16.6. The summed E-state index contributed by atoms with van der Waals surface area (Å²) in [4.78, 5) is 12.5. The maximum absolute atomic E-state index is 12.5. The molecule has 0 aromatic heterocycles. The van der Waals surface area contributed by atoms with Crippen molar-refractivity contribution in [2.24, 2.45) is 0 Å². The van der Waals surface area contributed by atoms with E-state index in [4.69, 9.17) is 9.47 Å². The van der Waals surface area contributed by atoms with Crippen molar-refractivity contribution in [2.45, 2.75) is 5.60 Å². The van der Waals surface area contributed by atoms with Gasteiger partial charge in [0.2, 0.25) is 0 Å². The van der Waals surface area contributed by atoms with Crippen LogP contribution in [0.1, 0.15) is 27.0 Å². The van der Waals surface area contributed by atoms with Gasteiger partial charge in [0.15, 0.2) is 5.60 Å². The zero-order valence-corrected chi connectivity index (χ0v) is 17.0. The zero-order chi connectivity index (χ0) is 17.2. The molecule has 5 nitrogen and oxygen atoms in total. The van der Waals surface area contributed by atoms with Crippen molar-refractivity contribution in [2.75, 3.05) is 0 Å². The standard InChI is InChI=1S/C20H12O5.K/c21-11-5-7-15-17(9-11)24-18-10-12(22)6-8-16(18)20(15)14-4-2-1-3-13(14)19(23)25-20;/h1-10,21-22H;/q;+1. The van der Waals surface area contributed by atoms with Crippen molar-refractivity contribution < 1.29 is 75.9 Å². The van der Waals surface area contributed by atoms with E-state index in [1.165, 1.54) is 24.3 Å². The summed E-state index contributed by atoms with van der Waals surface area (Å²) in [7, 11) is 0. The van der Waals surface area contributed by atoms with Crippen LogP contribution in [0.2, 0.25) is 0 Å². The van der Waals surface area contributed by atoms with E-state index < -0.39 is 11.6 Å². The SMILES string of the molecule is O=C1OC2(c3ccc(O)cc3Oc3cc(O)ccc32)c2ccccc21.[K+]. The topological polar surface area (TPSA) is 76.0 Å². The quantitative estimate of drug-likeness (QED) is 0.449. The number of benzene rings is 3. The smallest absolute Gasteiger partial charge is 0.508 e. The van der Waals surface area contributed by atoms with Gasteiger partial charge in [0.1, 0.15) is 23.0 Å². The summed E-state index contributed by atoms with van der Waals surface area (Å²) >= 11 is 0. The second-order valence-electron chi connectivity index (χ2n) is 6.08. The van der Waals surface area contributed by atoms with Gasteiger partial charge in [-0.1, -0.05) is 18.2 Å². The maximum atomic E-state index is 12.5. The van der Waals surface area contributed by atoms with Crippen molar-refractivity contribution in [1.82, 2.24) is 0 Å². The molecule has 3 aromatic carbocycles. The average Bonchev–Trinajstić information content (AvgIpc) is 2.88. The zero-order valence-electron chi connectivity index (χ0n) is 13.9. The van der Waals surface area contributed by atoms with Gasteiger partial charge in [0.05, 0.1) is 5.56 Å². The van der Waals surface area contributed by atoms with Crippen LogP contribution in [0.15, 0.2) is 60.7 Å². The summed E-state index contributed by atoms with van der Waals surface area (Å²) in [6.45, 7) is 0. The van der Waals surface area contributed by atoms with Crippen LogP contribution in [0.25, 0.3) is 0 Å². The van der Waals surface area contributed by atoms with E-state index >= 15 is 0 Å². The van der Waals surface area contributed by atoms with Crippen LogP contribution in [0.3, 0.4) is 0 Å². The van der Waals surface area contributed by atoms with Gasteiger partial charge >= 0.3 is 57.4 Å². The van der Waals surface area contributed by atoms with Crippen molar-refractivity contribution in [3.05, 3.63) is 82.9 Å². The fourth-order valence-corrected chi connectivity index (χ4v) is 3.65. The van der Waals surface area contributed by atoms with E-state index in [9.17, 15) is 15.0 Å². The number of rotatable bonds is 0. The number of phenols is 2. The third-order valence-corrected chi connectivity index (χ3v) is 4.68. The first-order valence-corrected chi connectivity index (χ1v) is 7.77. The molecule has 1 spiro atoms. The summed E-state index contributed by atoms with van der Waals surface area (Å²) in [5.41, 5.74) is 1.28. The molecule has 2 aliphatic rings. The Bertz CT molecular complexity index is 1010. The van der Waals surface area contributed by atoms with Crippen molar-refractivity contribution in [1.29, 1.82) is 0 Å².